The van der Waals surface area contributed by atoms with Gasteiger partial charge in [-0.2, -0.15) is 0 Å². The molecule has 0 aliphatic carbocycles. The third-order valence-corrected chi connectivity index (χ3v) is 3.77. The van der Waals surface area contributed by atoms with Crippen LogP contribution in [0.2, 0.25) is 0 Å². The predicted octanol–water partition coefficient (Wildman–Crippen LogP) is 3.42. The number of imidazole rings is 1. The average Bonchev–Trinajstić information content (AvgIpc) is 2.97. The van der Waals surface area contributed by atoms with Gasteiger partial charge in [0.25, 0.3) is 0 Å². The summed E-state index contributed by atoms with van der Waals surface area (Å²) in [6.07, 6.45) is 8.99. The van der Waals surface area contributed by atoms with Crippen molar-refractivity contribution in [3.05, 3.63) is 48.0 Å². The van der Waals surface area contributed by atoms with E-state index in [9.17, 15) is 4.79 Å². The Bertz CT molecular complexity index is 684. The molecule has 0 bridgehead atoms. The van der Waals surface area contributed by atoms with E-state index < -0.39 is 0 Å². The lowest BCUT2D eigenvalue weighted by Crippen LogP contribution is -2.19. The number of carbonyl (C=O) groups excluding carboxylic acids is 1. The zero-order chi connectivity index (χ0) is 14.8. The molecule has 0 saturated carbocycles. The number of allylic oxidation sites excluding steroid dienone is 1. The van der Waals surface area contributed by atoms with Gasteiger partial charge < -0.3 is 9.88 Å². The number of fused-ring (bicyclic) bond motifs is 1. The molecule has 4 nitrogen and oxygen atoms in total. The lowest BCUT2D eigenvalue weighted by atomic mass is 9.92. The summed E-state index contributed by atoms with van der Waals surface area (Å²) in [7, 11) is 0. The summed E-state index contributed by atoms with van der Waals surface area (Å²) in [5, 5.41) is 2.93. The van der Waals surface area contributed by atoms with Gasteiger partial charge >= 0.3 is 0 Å². The van der Waals surface area contributed by atoms with Crippen molar-refractivity contribution >= 4 is 23.4 Å². The molecule has 0 saturated heterocycles. The maximum absolute atomic E-state index is 11.4. The van der Waals surface area contributed by atoms with Gasteiger partial charge in [-0.3, -0.25) is 4.79 Å². The summed E-state index contributed by atoms with van der Waals surface area (Å²) in [5.41, 5.74) is 4.62. The third kappa shape index (κ3) is 2.89. The molecule has 0 radical (unpaired) electrons. The predicted molar refractivity (Wildman–Crippen MR) is 84.6 cm³/mol. The molecule has 1 aromatic carbocycles. The second kappa shape index (κ2) is 5.56. The van der Waals surface area contributed by atoms with Gasteiger partial charge in [0.05, 0.1) is 6.33 Å². The second-order valence-corrected chi connectivity index (χ2v) is 5.67. The van der Waals surface area contributed by atoms with Crippen LogP contribution < -0.4 is 5.32 Å². The molecule has 2 aromatic rings. The minimum absolute atomic E-state index is 0.105. The molecule has 0 atom stereocenters. The largest absolute Gasteiger partial charge is 0.326 e. The van der Waals surface area contributed by atoms with E-state index >= 15 is 0 Å². The van der Waals surface area contributed by atoms with Gasteiger partial charge in [-0.25, -0.2) is 4.98 Å². The molecule has 1 amide bonds. The number of hydrogen-bond donors (Lipinski definition) is 1. The van der Waals surface area contributed by atoms with Crippen molar-refractivity contribution in [1.29, 1.82) is 0 Å². The Morgan fingerprint density at radius 3 is 2.95 bits per heavy atom. The molecular formula is C17H19N3O. The number of carbonyl (C=O) groups is 1. The molecule has 4 heteroatoms. The lowest BCUT2D eigenvalue weighted by Gasteiger charge is -2.19. The van der Waals surface area contributed by atoms with Crippen LogP contribution in [0.5, 0.6) is 0 Å². The van der Waals surface area contributed by atoms with Crippen molar-refractivity contribution in [2.45, 2.75) is 26.7 Å². The zero-order valence-corrected chi connectivity index (χ0v) is 12.3. The summed E-state index contributed by atoms with van der Waals surface area (Å²) in [6, 6.07) is 6.27. The van der Waals surface area contributed by atoms with E-state index in [1.54, 1.807) is 12.5 Å². The highest BCUT2D eigenvalue weighted by Crippen LogP contribution is 2.30. The highest BCUT2D eigenvalue weighted by molar-refractivity contribution is 5.94. The summed E-state index contributed by atoms with van der Waals surface area (Å²) < 4.78 is 1.97. The molecule has 108 valence electrons. The van der Waals surface area contributed by atoms with E-state index in [2.05, 4.69) is 42.5 Å². The number of rotatable bonds is 3. The number of nitrogens with zero attached hydrogens (tertiary/aromatic N) is 2. The number of anilines is 1. The number of aryl methyl sites for hydroxylation is 1. The Morgan fingerprint density at radius 2 is 2.24 bits per heavy atom. The molecule has 2 heterocycles. The first-order valence-corrected chi connectivity index (χ1v) is 7.26. The highest BCUT2D eigenvalue weighted by Gasteiger charge is 2.16. The van der Waals surface area contributed by atoms with E-state index in [1.165, 1.54) is 16.7 Å². The normalized spacial score (nSPS) is 15.0. The van der Waals surface area contributed by atoms with Crippen LogP contribution in [0.25, 0.3) is 11.8 Å². The van der Waals surface area contributed by atoms with Crippen molar-refractivity contribution < 1.29 is 4.79 Å². The minimum Gasteiger partial charge on any atom is -0.326 e. The van der Waals surface area contributed by atoms with Crippen molar-refractivity contribution in [2.24, 2.45) is 5.92 Å². The fourth-order valence-electron chi connectivity index (χ4n) is 2.63. The summed E-state index contributed by atoms with van der Waals surface area (Å²) in [5.74, 6) is 0.511. The first kappa shape index (κ1) is 13.6. The number of aromatic nitrogens is 2. The topological polar surface area (TPSA) is 46.9 Å². The molecule has 1 aliphatic rings. The van der Waals surface area contributed by atoms with Crippen LogP contribution in [-0.2, 0) is 11.2 Å². The fraction of sp³-hybridized carbons (Fsp3) is 0.294. The summed E-state index contributed by atoms with van der Waals surface area (Å²) in [6.45, 7) is 4.37. The highest BCUT2D eigenvalue weighted by atomic mass is 16.1. The molecule has 0 spiro atoms. The third-order valence-electron chi connectivity index (χ3n) is 3.77. The fourth-order valence-corrected chi connectivity index (χ4v) is 2.63. The molecule has 3 rings (SSSR count). The SMILES string of the molecule is CC(C)/C(=C\n1ccnc1)c1ccc2c(c1)CCC(=O)N2. The number of benzene rings is 1. The smallest absolute Gasteiger partial charge is 0.224 e. The van der Waals surface area contributed by atoms with Gasteiger partial charge in [-0.1, -0.05) is 19.9 Å². The van der Waals surface area contributed by atoms with Crippen molar-refractivity contribution in [1.82, 2.24) is 9.55 Å². The molecule has 1 aromatic heterocycles. The molecule has 0 fully saturated rings. The van der Waals surface area contributed by atoms with E-state index in [4.69, 9.17) is 0 Å². The standard InChI is InChI=1S/C17H19N3O/c1-12(2)15(10-20-8-7-18-11-20)13-3-5-16-14(9-13)4-6-17(21)19-16/h3,5,7-12H,4,6H2,1-2H3,(H,19,21)/b15-10+. The van der Waals surface area contributed by atoms with Crippen molar-refractivity contribution in [3.8, 4) is 0 Å². The maximum Gasteiger partial charge on any atom is 0.224 e. The zero-order valence-electron chi connectivity index (χ0n) is 12.3. The van der Waals surface area contributed by atoms with Gasteiger partial charge in [0, 0.05) is 30.7 Å². The molecule has 0 unspecified atom stereocenters. The van der Waals surface area contributed by atoms with Crippen molar-refractivity contribution in [3.63, 3.8) is 0 Å². The van der Waals surface area contributed by atoms with Crippen LogP contribution in [0.4, 0.5) is 5.69 Å². The minimum atomic E-state index is 0.105. The molecule has 21 heavy (non-hydrogen) atoms. The number of hydrogen-bond acceptors (Lipinski definition) is 2. The van der Waals surface area contributed by atoms with Gasteiger partial charge in [-0.15, -0.1) is 0 Å². The Labute approximate surface area is 124 Å². The van der Waals surface area contributed by atoms with E-state index in [-0.39, 0.29) is 5.91 Å². The average molecular weight is 281 g/mol. The quantitative estimate of drug-likeness (QED) is 0.937. The van der Waals surface area contributed by atoms with Crippen LogP contribution in [0, 0.1) is 5.92 Å². The van der Waals surface area contributed by atoms with Crippen LogP contribution in [-0.4, -0.2) is 15.5 Å². The van der Waals surface area contributed by atoms with Gasteiger partial charge in [0.15, 0.2) is 0 Å². The van der Waals surface area contributed by atoms with E-state index in [1.807, 2.05) is 16.8 Å². The van der Waals surface area contributed by atoms with E-state index in [0.717, 1.165) is 12.1 Å². The Morgan fingerprint density at radius 1 is 1.38 bits per heavy atom. The Hall–Kier alpha value is -2.36. The van der Waals surface area contributed by atoms with Crippen LogP contribution >= 0.6 is 0 Å². The Balaban J connectivity index is 1.99. The molecule has 1 aliphatic heterocycles. The van der Waals surface area contributed by atoms with E-state index in [0.29, 0.717) is 12.3 Å². The van der Waals surface area contributed by atoms with Crippen LogP contribution in [0.15, 0.2) is 36.9 Å². The van der Waals surface area contributed by atoms with Gasteiger partial charge in [0.2, 0.25) is 5.91 Å². The molecular weight excluding hydrogens is 262 g/mol. The maximum atomic E-state index is 11.4. The lowest BCUT2D eigenvalue weighted by molar-refractivity contribution is -0.116. The van der Waals surface area contributed by atoms with Crippen LogP contribution in [0.3, 0.4) is 0 Å². The van der Waals surface area contributed by atoms with Crippen molar-refractivity contribution in [2.75, 3.05) is 5.32 Å². The first-order valence-electron chi connectivity index (χ1n) is 7.26. The molecule has 1 N–H and O–H groups in total. The first-order chi connectivity index (χ1) is 10.1. The van der Waals surface area contributed by atoms with Crippen LogP contribution in [0.1, 0.15) is 31.4 Å². The number of nitrogens with one attached hydrogen (secondary N) is 1. The summed E-state index contributed by atoms with van der Waals surface area (Å²) in [4.78, 5) is 15.5. The monoisotopic (exact) mass is 281 g/mol. The summed E-state index contributed by atoms with van der Waals surface area (Å²) >= 11 is 0. The Kier molecular flexibility index (Phi) is 3.60. The van der Waals surface area contributed by atoms with Gasteiger partial charge in [-0.05, 0) is 41.2 Å². The number of amides is 1. The second-order valence-electron chi connectivity index (χ2n) is 5.67. The van der Waals surface area contributed by atoms with Gasteiger partial charge in [0.1, 0.15) is 0 Å².